The van der Waals surface area contributed by atoms with Gasteiger partial charge < -0.3 is 15.2 Å². The van der Waals surface area contributed by atoms with Crippen LogP contribution in [0.4, 0.5) is 0 Å². The molecule has 0 aliphatic heterocycles. The first-order valence-electron chi connectivity index (χ1n) is 4.80. The molecule has 0 heterocycles. The lowest BCUT2D eigenvalue weighted by atomic mass is 10.3. The molecular formula is C10H19NO3. The molecule has 0 fully saturated rings. The van der Waals surface area contributed by atoms with Crippen molar-refractivity contribution in [2.45, 2.75) is 26.9 Å². The van der Waals surface area contributed by atoms with Crippen molar-refractivity contribution >= 4 is 5.97 Å². The number of carbonyl (C=O) groups is 1. The zero-order valence-electron chi connectivity index (χ0n) is 9.04. The van der Waals surface area contributed by atoms with E-state index in [9.17, 15) is 4.79 Å². The maximum absolute atomic E-state index is 10.4. The highest BCUT2D eigenvalue weighted by atomic mass is 16.5. The van der Waals surface area contributed by atoms with E-state index >= 15 is 0 Å². The van der Waals surface area contributed by atoms with Crippen molar-refractivity contribution in [1.82, 2.24) is 5.32 Å². The first kappa shape index (κ1) is 13.1. The highest BCUT2D eigenvalue weighted by Gasteiger charge is 2.00. The summed E-state index contributed by atoms with van der Waals surface area (Å²) in [5, 5.41) is 11.6. The quantitative estimate of drug-likeness (QED) is 0.477. The third-order valence-electron chi connectivity index (χ3n) is 1.77. The van der Waals surface area contributed by atoms with Gasteiger partial charge in [0.1, 0.15) is 0 Å². The minimum atomic E-state index is -0.871. The number of rotatable bonds is 7. The van der Waals surface area contributed by atoms with Crippen LogP contribution in [0, 0.1) is 0 Å². The summed E-state index contributed by atoms with van der Waals surface area (Å²) in [5.74, 6) is -0.871. The molecule has 4 nitrogen and oxygen atoms in total. The van der Waals surface area contributed by atoms with Crippen LogP contribution in [0.25, 0.3) is 0 Å². The van der Waals surface area contributed by atoms with Crippen LogP contribution in [0.1, 0.15) is 20.8 Å². The molecule has 4 heteroatoms. The van der Waals surface area contributed by atoms with Gasteiger partial charge in [0.05, 0.1) is 6.10 Å². The molecule has 0 aromatic carbocycles. The first-order valence-corrected chi connectivity index (χ1v) is 4.80. The minimum Gasteiger partial charge on any atom is -0.478 e. The van der Waals surface area contributed by atoms with E-state index in [1.165, 1.54) is 0 Å². The van der Waals surface area contributed by atoms with E-state index < -0.39 is 5.97 Å². The molecule has 0 spiro atoms. The Hall–Kier alpha value is -0.870. The van der Waals surface area contributed by atoms with Gasteiger partial charge in [-0.3, -0.25) is 0 Å². The number of hydrogen-bond donors (Lipinski definition) is 2. The molecule has 0 bridgehead atoms. The van der Waals surface area contributed by atoms with E-state index in [0.717, 1.165) is 6.54 Å². The predicted octanol–water partition coefficient (Wildman–Crippen LogP) is 1.03. The van der Waals surface area contributed by atoms with E-state index in [1.807, 2.05) is 13.8 Å². The lowest BCUT2D eigenvalue weighted by Gasteiger charge is -2.11. The second kappa shape index (κ2) is 7.53. The Balaban J connectivity index is 3.55. The van der Waals surface area contributed by atoms with E-state index in [-0.39, 0.29) is 6.10 Å². The van der Waals surface area contributed by atoms with Crippen molar-refractivity contribution in [3.8, 4) is 0 Å². The highest BCUT2D eigenvalue weighted by Crippen LogP contribution is 1.91. The van der Waals surface area contributed by atoms with Crippen LogP contribution >= 0.6 is 0 Å². The number of aliphatic carboxylic acids is 1. The van der Waals surface area contributed by atoms with E-state index in [4.69, 9.17) is 9.84 Å². The summed E-state index contributed by atoms with van der Waals surface area (Å²) in [6, 6.07) is 0. The van der Waals surface area contributed by atoms with Gasteiger partial charge in [0, 0.05) is 25.3 Å². The topological polar surface area (TPSA) is 58.6 Å². The normalized spacial score (nSPS) is 14.1. The van der Waals surface area contributed by atoms with E-state index in [2.05, 4.69) is 5.32 Å². The number of carboxylic acid groups (broad SMARTS) is 1. The molecule has 0 saturated heterocycles. The Kier molecular flexibility index (Phi) is 7.06. The zero-order chi connectivity index (χ0) is 11.0. The van der Waals surface area contributed by atoms with Crippen LogP contribution in [0.15, 0.2) is 11.6 Å². The summed E-state index contributed by atoms with van der Waals surface area (Å²) in [6.45, 7) is 7.50. The van der Waals surface area contributed by atoms with Gasteiger partial charge in [-0.1, -0.05) is 6.08 Å². The molecule has 14 heavy (non-hydrogen) atoms. The Bertz CT molecular complexity index is 202. The van der Waals surface area contributed by atoms with Gasteiger partial charge in [-0.2, -0.15) is 0 Å². The molecule has 0 aromatic heterocycles. The smallest absolute Gasteiger partial charge is 0.330 e. The summed E-state index contributed by atoms with van der Waals surface area (Å²) in [4.78, 5) is 10.4. The summed E-state index contributed by atoms with van der Waals surface area (Å²) < 4.78 is 5.30. The van der Waals surface area contributed by atoms with Crippen LogP contribution in [-0.2, 0) is 9.53 Å². The first-order chi connectivity index (χ1) is 6.57. The van der Waals surface area contributed by atoms with Crippen molar-refractivity contribution < 1.29 is 14.6 Å². The fourth-order valence-electron chi connectivity index (χ4n) is 0.943. The van der Waals surface area contributed by atoms with Crippen molar-refractivity contribution in [3.63, 3.8) is 0 Å². The molecule has 0 rings (SSSR count). The Morgan fingerprint density at radius 2 is 2.29 bits per heavy atom. The van der Waals surface area contributed by atoms with E-state index in [1.54, 1.807) is 13.0 Å². The SMILES string of the molecule is CCOC(C)CNC/C=C(/C)C(=O)O. The number of ether oxygens (including phenoxy) is 1. The van der Waals surface area contributed by atoms with Gasteiger partial charge in [0.25, 0.3) is 0 Å². The Morgan fingerprint density at radius 3 is 2.79 bits per heavy atom. The van der Waals surface area contributed by atoms with Gasteiger partial charge in [-0.05, 0) is 20.8 Å². The molecule has 1 unspecified atom stereocenters. The van der Waals surface area contributed by atoms with Crippen molar-refractivity contribution in [2.75, 3.05) is 19.7 Å². The van der Waals surface area contributed by atoms with Gasteiger partial charge in [-0.25, -0.2) is 4.79 Å². The molecule has 2 N–H and O–H groups in total. The summed E-state index contributed by atoms with van der Waals surface area (Å²) >= 11 is 0. The third kappa shape index (κ3) is 6.62. The van der Waals surface area contributed by atoms with Crippen LogP contribution in [-0.4, -0.2) is 36.9 Å². The molecule has 0 aliphatic carbocycles. The fraction of sp³-hybridized carbons (Fsp3) is 0.700. The lowest BCUT2D eigenvalue weighted by Crippen LogP contribution is -2.27. The standard InChI is InChI=1S/C10H19NO3/c1-4-14-9(3)7-11-6-5-8(2)10(12)13/h5,9,11H,4,6-7H2,1-3H3,(H,12,13)/b8-5-. The molecule has 1 atom stereocenters. The van der Waals surface area contributed by atoms with Gasteiger partial charge in [0.15, 0.2) is 0 Å². The molecule has 0 aromatic rings. The predicted molar refractivity (Wildman–Crippen MR) is 55.4 cm³/mol. The summed E-state index contributed by atoms with van der Waals surface area (Å²) in [6.07, 6.45) is 1.82. The van der Waals surface area contributed by atoms with Gasteiger partial charge in [-0.15, -0.1) is 0 Å². The van der Waals surface area contributed by atoms with Crippen LogP contribution in [0.2, 0.25) is 0 Å². The van der Waals surface area contributed by atoms with Gasteiger partial charge >= 0.3 is 5.97 Å². The summed E-state index contributed by atoms with van der Waals surface area (Å²) in [7, 11) is 0. The molecule has 0 radical (unpaired) electrons. The minimum absolute atomic E-state index is 0.165. The monoisotopic (exact) mass is 201 g/mol. The fourth-order valence-corrected chi connectivity index (χ4v) is 0.943. The number of nitrogens with one attached hydrogen (secondary N) is 1. The molecule has 0 amide bonds. The van der Waals surface area contributed by atoms with E-state index in [0.29, 0.717) is 18.7 Å². The summed E-state index contributed by atoms with van der Waals surface area (Å²) in [5.41, 5.74) is 0.363. The Morgan fingerprint density at radius 1 is 1.64 bits per heavy atom. The second-order valence-electron chi connectivity index (χ2n) is 3.12. The Labute approximate surface area is 85.0 Å². The maximum atomic E-state index is 10.4. The van der Waals surface area contributed by atoms with Crippen molar-refractivity contribution in [1.29, 1.82) is 0 Å². The molecule has 0 saturated carbocycles. The molecule has 82 valence electrons. The van der Waals surface area contributed by atoms with Crippen molar-refractivity contribution in [3.05, 3.63) is 11.6 Å². The zero-order valence-corrected chi connectivity index (χ0v) is 9.04. The maximum Gasteiger partial charge on any atom is 0.330 e. The van der Waals surface area contributed by atoms with Crippen molar-refractivity contribution in [2.24, 2.45) is 0 Å². The van der Waals surface area contributed by atoms with Crippen LogP contribution in [0.3, 0.4) is 0 Å². The average Bonchev–Trinajstić information content (AvgIpc) is 2.12. The lowest BCUT2D eigenvalue weighted by molar-refractivity contribution is -0.132. The second-order valence-corrected chi connectivity index (χ2v) is 3.12. The molecule has 0 aliphatic rings. The number of carboxylic acids is 1. The highest BCUT2D eigenvalue weighted by molar-refractivity contribution is 5.85. The van der Waals surface area contributed by atoms with Crippen LogP contribution in [0.5, 0.6) is 0 Å². The molecular weight excluding hydrogens is 182 g/mol. The van der Waals surface area contributed by atoms with Crippen LogP contribution < -0.4 is 5.32 Å². The number of hydrogen-bond acceptors (Lipinski definition) is 3. The largest absolute Gasteiger partial charge is 0.478 e. The third-order valence-corrected chi connectivity index (χ3v) is 1.77. The average molecular weight is 201 g/mol. The van der Waals surface area contributed by atoms with Gasteiger partial charge in [0.2, 0.25) is 0 Å².